The Balaban J connectivity index is 1.08. The second-order valence-electron chi connectivity index (χ2n) is 9.26. The van der Waals surface area contributed by atoms with Crippen LogP contribution in [0.15, 0.2) is 64.0 Å². The molecule has 0 atom stereocenters. The minimum absolute atomic E-state index is 0.00734. The summed E-state index contributed by atoms with van der Waals surface area (Å²) in [4.78, 5) is 33.1. The average molecular weight is 445 g/mol. The van der Waals surface area contributed by atoms with Crippen LogP contribution in [0.2, 0.25) is 0 Å². The first-order valence-electron chi connectivity index (χ1n) is 11.9. The van der Waals surface area contributed by atoms with Gasteiger partial charge < -0.3 is 19.2 Å². The number of carbonyl (C=O) groups excluding carboxylic acids is 1. The van der Waals surface area contributed by atoms with E-state index in [1.54, 1.807) is 6.26 Å². The molecule has 170 valence electrons. The minimum atomic E-state index is -0.00748. The molecule has 33 heavy (non-hydrogen) atoms. The third-order valence-corrected chi connectivity index (χ3v) is 7.46. The lowest BCUT2D eigenvalue weighted by molar-refractivity contribution is 0.0535. The van der Waals surface area contributed by atoms with Gasteiger partial charge in [0.25, 0.3) is 5.91 Å². The van der Waals surface area contributed by atoms with E-state index in [9.17, 15) is 9.59 Å². The van der Waals surface area contributed by atoms with Crippen molar-refractivity contribution in [3.8, 4) is 0 Å². The van der Waals surface area contributed by atoms with Crippen molar-refractivity contribution in [2.45, 2.75) is 37.8 Å². The summed E-state index contributed by atoms with van der Waals surface area (Å²) >= 11 is 0. The van der Waals surface area contributed by atoms with Crippen molar-refractivity contribution in [1.29, 1.82) is 0 Å². The third-order valence-electron chi connectivity index (χ3n) is 7.46. The smallest absolute Gasteiger partial charge is 0.326 e. The monoisotopic (exact) mass is 444 g/mol. The van der Waals surface area contributed by atoms with Crippen molar-refractivity contribution >= 4 is 27.7 Å². The molecule has 0 unspecified atom stereocenters. The molecule has 2 aromatic carbocycles. The normalized spacial score (nSPS) is 19.0. The molecule has 2 aliphatic rings. The van der Waals surface area contributed by atoms with Crippen LogP contribution >= 0.6 is 0 Å². The van der Waals surface area contributed by atoms with Crippen molar-refractivity contribution < 1.29 is 9.21 Å². The maximum absolute atomic E-state index is 13.1. The van der Waals surface area contributed by atoms with Crippen LogP contribution in [-0.2, 0) is 0 Å². The van der Waals surface area contributed by atoms with Crippen LogP contribution in [0.1, 0.15) is 42.3 Å². The molecule has 0 spiro atoms. The highest BCUT2D eigenvalue weighted by molar-refractivity contribution is 6.04. The molecule has 7 nitrogen and oxygen atoms in total. The molecular weight excluding hydrogens is 416 g/mol. The van der Waals surface area contributed by atoms with Crippen LogP contribution in [0.4, 0.5) is 0 Å². The van der Waals surface area contributed by atoms with Gasteiger partial charge in [-0.25, -0.2) is 4.79 Å². The Hall–Kier alpha value is -3.32. The predicted molar refractivity (Wildman–Crippen MR) is 128 cm³/mol. The highest BCUT2D eigenvalue weighted by Crippen LogP contribution is 2.29. The maximum atomic E-state index is 13.1. The van der Waals surface area contributed by atoms with E-state index in [-0.39, 0.29) is 17.6 Å². The number of aromatic nitrogens is 2. The SMILES string of the molecule is O=C(c1occ2ccccc12)N1CCC(N2CCC(n3c(=O)[nH]c4ccccc43)CC2)CC1. The fourth-order valence-corrected chi connectivity index (χ4v) is 5.68. The largest absolute Gasteiger partial charge is 0.458 e. The zero-order chi connectivity index (χ0) is 22.4. The van der Waals surface area contributed by atoms with Gasteiger partial charge >= 0.3 is 5.69 Å². The number of hydrogen-bond acceptors (Lipinski definition) is 4. The van der Waals surface area contributed by atoms with E-state index >= 15 is 0 Å². The van der Waals surface area contributed by atoms with Crippen molar-refractivity contribution in [2.75, 3.05) is 26.2 Å². The van der Waals surface area contributed by atoms with Gasteiger partial charge in [0.15, 0.2) is 5.76 Å². The van der Waals surface area contributed by atoms with E-state index < -0.39 is 0 Å². The first-order valence-corrected chi connectivity index (χ1v) is 11.9. The van der Waals surface area contributed by atoms with Gasteiger partial charge in [-0.2, -0.15) is 0 Å². The van der Waals surface area contributed by atoms with Crippen LogP contribution in [0.5, 0.6) is 0 Å². The molecule has 0 bridgehead atoms. The Labute approximate surface area is 191 Å². The zero-order valence-corrected chi connectivity index (χ0v) is 18.6. The second kappa shape index (κ2) is 8.23. The van der Waals surface area contributed by atoms with Crippen LogP contribution in [0, 0.1) is 0 Å². The molecule has 0 saturated carbocycles. The summed E-state index contributed by atoms with van der Waals surface area (Å²) in [6.07, 6.45) is 5.56. The molecule has 0 aliphatic carbocycles. The summed E-state index contributed by atoms with van der Waals surface area (Å²) < 4.78 is 7.57. The number of amides is 1. The summed E-state index contributed by atoms with van der Waals surface area (Å²) in [7, 11) is 0. The summed E-state index contributed by atoms with van der Waals surface area (Å²) in [5.41, 5.74) is 1.90. The van der Waals surface area contributed by atoms with Gasteiger partial charge in [-0.3, -0.25) is 9.36 Å². The van der Waals surface area contributed by atoms with Crippen molar-refractivity contribution in [2.24, 2.45) is 0 Å². The van der Waals surface area contributed by atoms with Gasteiger partial charge in [0.05, 0.1) is 17.3 Å². The van der Waals surface area contributed by atoms with Gasteiger partial charge in [-0.15, -0.1) is 0 Å². The van der Waals surface area contributed by atoms with Crippen LogP contribution in [0.3, 0.4) is 0 Å². The van der Waals surface area contributed by atoms with E-state index in [1.165, 1.54) is 0 Å². The van der Waals surface area contributed by atoms with Gasteiger partial charge in [0, 0.05) is 49.0 Å². The Morgan fingerprint density at radius 2 is 1.58 bits per heavy atom. The molecule has 2 saturated heterocycles. The molecular formula is C26H28N4O3. The number of nitrogens with one attached hydrogen (secondary N) is 1. The molecule has 7 heteroatoms. The number of piperidine rings is 2. The minimum Gasteiger partial charge on any atom is -0.458 e. The van der Waals surface area contributed by atoms with Gasteiger partial charge in [0.2, 0.25) is 0 Å². The first-order chi connectivity index (χ1) is 16.2. The molecule has 1 N–H and O–H groups in total. The van der Waals surface area contributed by atoms with E-state index in [1.807, 2.05) is 58.0 Å². The fraction of sp³-hybridized carbons (Fsp3) is 0.385. The number of fused-ring (bicyclic) bond motifs is 2. The summed E-state index contributed by atoms with van der Waals surface area (Å²) in [6, 6.07) is 16.5. The second-order valence-corrected chi connectivity index (χ2v) is 9.26. The highest BCUT2D eigenvalue weighted by atomic mass is 16.3. The van der Waals surface area contributed by atoms with Crippen molar-refractivity contribution in [3.05, 3.63) is 71.0 Å². The number of hydrogen-bond donors (Lipinski definition) is 1. The number of benzene rings is 2. The molecule has 0 radical (unpaired) electrons. The Bertz CT molecular complexity index is 1350. The number of likely N-dealkylation sites (tertiary alicyclic amines) is 2. The quantitative estimate of drug-likeness (QED) is 0.518. The summed E-state index contributed by atoms with van der Waals surface area (Å²) in [5, 5.41) is 1.85. The van der Waals surface area contributed by atoms with Gasteiger partial charge in [-0.05, 0) is 37.8 Å². The lowest BCUT2D eigenvalue weighted by atomic mass is 9.97. The predicted octanol–water partition coefficient (Wildman–Crippen LogP) is 4.02. The molecule has 1 amide bonds. The van der Waals surface area contributed by atoms with Crippen LogP contribution in [0.25, 0.3) is 21.8 Å². The van der Waals surface area contributed by atoms with E-state index in [4.69, 9.17) is 4.42 Å². The topological polar surface area (TPSA) is 74.5 Å². The van der Waals surface area contributed by atoms with Gasteiger partial charge in [0.1, 0.15) is 0 Å². The van der Waals surface area contributed by atoms with E-state index in [0.29, 0.717) is 11.8 Å². The molecule has 6 rings (SSSR count). The summed E-state index contributed by atoms with van der Waals surface area (Å²) in [5.74, 6) is 0.445. The summed E-state index contributed by atoms with van der Waals surface area (Å²) in [6.45, 7) is 3.47. The molecule has 2 aliphatic heterocycles. The first kappa shape index (κ1) is 20.3. The van der Waals surface area contributed by atoms with Crippen LogP contribution < -0.4 is 5.69 Å². The number of para-hydroxylation sites is 2. The fourth-order valence-electron chi connectivity index (χ4n) is 5.68. The zero-order valence-electron chi connectivity index (χ0n) is 18.6. The average Bonchev–Trinajstić information content (AvgIpc) is 3.44. The number of imidazole rings is 1. The molecule has 4 heterocycles. The van der Waals surface area contributed by atoms with Crippen molar-refractivity contribution in [3.63, 3.8) is 0 Å². The molecule has 2 aromatic heterocycles. The lowest BCUT2D eigenvalue weighted by Crippen LogP contribution is -2.49. The Morgan fingerprint density at radius 1 is 0.879 bits per heavy atom. The number of nitrogens with zero attached hydrogens (tertiary/aromatic N) is 3. The van der Waals surface area contributed by atoms with E-state index in [2.05, 4.69) is 9.88 Å². The number of carbonyl (C=O) groups is 1. The molecule has 4 aromatic rings. The number of rotatable bonds is 3. The molecule has 2 fully saturated rings. The number of H-pyrrole nitrogens is 1. The van der Waals surface area contributed by atoms with Gasteiger partial charge in [-0.1, -0.05) is 36.4 Å². The number of furan rings is 1. The van der Waals surface area contributed by atoms with Crippen molar-refractivity contribution in [1.82, 2.24) is 19.4 Å². The Morgan fingerprint density at radius 3 is 2.39 bits per heavy atom. The lowest BCUT2D eigenvalue weighted by Gasteiger charge is -2.41. The maximum Gasteiger partial charge on any atom is 0.326 e. The number of aromatic amines is 1. The highest BCUT2D eigenvalue weighted by Gasteiger charge is 2.32. The third kappa shape index (κ3) is 3.56. The van der Waals surface area contributed by atoms with E-state index in [0.717, 1.165) is 73.7 Å². The Kier molecular flexibility index (Phi) is 5.06. The van der Waals surface area contributed by atoms with Crippen LogP contribution in [-0.4, -0.2) is 57.5 Å². The standard InChI is InChI=1S/C26H28N4O3/c31-25(24-21-6-2-1-5-18(21)17-33-24)29-15-9-19(10-16-29)28-13-11-20(12-14-28)30-23-8-4-3-7-22(23)27-26(30)32/h1-8,17,19-20H,9-16H2,(H,27,32).